The Balaban J connectivity index is 2.38. The number of nitrogens with two attached hydrogens (primary N) is 2. The summed E-state index contributed by atoms with van der Waals surface area (Å²) in [6.45, 7) is 8.40. The smallest absolute Gasteiger partial charge is 0.273 e. The highest BCUT2D eigenvalue weighted by Gasteiger charge is 2.34. The zero-order valence-corrected chi connectivity index (χ0v) is 22.7. The van der Waals surface area contributed by atoms with Crippen LogP contribution in [0.4, 0.5) is 4.48 Å². The first-order valence-corrected chi connectivity index (χ1v) is 12.5. The fourth-order valence-electron chi connectivity index (χ4n) is 4.35. The zero-order chi connectivity index (χ0) is 29.4. The predicted molar refractivity (Wildman–Crippen MR) is 144 cm³/mol. The van der Waals surface area contributed by atoms with Crippen LogP contribution in [-0.2, 0) is 37.4 Å². The quantitative estimate of drug-likeness (QED) is 0.206. The molecule has 0 fully saturated rings. The molecular weight excluding hydrogens is 507 g/mol. The Kier molecular flexibility index (Phi) is 10.8. The number of fused-ring (bicyclic) bond motifs is 1. The van der Waals surface area contributed by atoms with Crippen molar-refractivity contribution in [3.8, 4) is 0 Å². The van der Waals surface area contributed by atoms with E-state index in [-0.39, 0.29) is 24.4 Å². The number of hydrogen-bond acceptors (Lipinski definition) is 5. The molecule has 0 spiro atoms. The van der Waals surface area contributed by atoms with E-state index in [1.807, 2.05) is 35.9 Å². The van der Waals surface area contributed by atoms with E-state index in [1.54, 1.807) is 13.1 Å². The summed E-state index contributed by atoms with van der Waals surface area (Å²) in [4.78, 5) is 62.0. The summed E-state index contributed by atoms with van der Waals surface area (Å²) in [5.74, 6) is -5.12. The fourth-order valence-corrected chi connectivity index (χ4v) is 4.35. The molecule has 0 aliphatic carbocycles. The number of hydrogen-bond donors (Lipinski definition) is 4. The van der Waals surface area contributed by atoms with Gasteiger partial charge in [0.25, 0.3) is 5.91 Å². The van der Waals surface area contributed by atoms with Gasteiger partial charge >= 0.3 is 0 Å². The van der Waals surface area contributed by atoms with E-state index in [0.29, 0.717) is 11.1 Å². The lowest BCUT2D eigenvalue weighted by molar-refractivity contribution is -0.155. The maximum Gasteiger partial charge on any atom is 0.273 e. The van der Waals surface area contributed by atoms with Gasteiger partial charge in [-0.1, -0.05) is 35.2 Å². The van der Waals surface area contributed by atoms with Crippen LogP contribution in [0.25, 0.3) is 10.9 Å². The van der Waals surface area contributed by atoms with Crippen LogP contribution in [0.15, 0.2) is 42.6 Å². The largest absolute Gasteiger partial charge is 0.370 e. The summed E-state index contributed by atoms with van der Waals surface area (Å²) < 4.78 is 17.1. The molecule has 212 valence electrons. The average Bonchev–Trinajstić information content (AvgIpc) is 3.16. The molecule has 0 aliphatic rings. The first-order chi connectivity index (χ1) is 18.2. The van der Waals surface area contributed by atoms with E-state index in [0.717, 1.165) is 10.9 Å². The molecular formula is C27H37FN6O5. The minimum Gasteiger partial charge on any atom is -0.370 e. The van der Waals surface area contributed by atoms with E-state index in [1.165, 1.54) is 13.8 Å². The molecule has 4 unspecified atom stereocenters. The Bertz CT molecular complexity index is 1260. The number of aryl methyl sites for hydroxylation is 1. The number of carbonyl (C=O) groups excluding carboxylic acids is 5. The molecule has 12 heteroatoms. The van der Waals surface area contributed by atoms with Crippen LogP contribution < -0.4 is 22.1 Å². The summed E-state index contributed by atoms with van der Waals surface area (Å²) in [5, 5.41) is 5.75. The Labute approximate surface area is 226 Å². The minimum atomic E-state index is -1.46. The van der Waals surface area contributed by atoms with Crippen LogP contribution >= 0.6 is 0 Å². The normalized spacial score (nSPS) is 14.1. The van der Waals surface area contributed by atoms with Crippen LogP contribution in [0, 0.1) is 5.92 Å². The van der Waals surface area contributed by atoms with Gasteiger partial charge < -0.3 is 26.7 Å². The van der Waals surface area contributed by atoms with Crippen molar-refractivity contribution >= 4 is 40.4 Å². The van der Waals surface area contributed by atoms with Crippen molar-refractivity contribution in [3.63, 3.8) is 0 Å². The first kappa shape index (κ1) is 31.0. The highest BCUT2D eigenvalue weighted by atomic mass is 19.2. The summed E-state index contributed by atoms with van der Waals surface area (Å²) in [7, 11) is 1.82. The van der Waals surface area contributed by atoms with Crippen molar-refractivity contribution in [2.24, 2.45) is 24.4 Å². The number of benzene rings is 1. The fraction of sp³-hybridized carbons (Fsp3) is 0.444. The maximum atomic E-state index is 15.2. The number of amides is 5. The third kappa shape index (κ3) is 8.66. The molecule has 39 heavy (non-hydrogen) atoms. The van der Waals surface area contributed by atoms with Crippen LogP contribution in [0.5, 0.6) is 0 Å². The molecule has 5 amide bonds. The second-order valence-corrected chi connectivity index (χ2v) is 10.0. The highest BCUT2D eigenvalue weighted by Crippen LogP contribution is 2.23. The number of rotatable bonds is 14. The maximum absolute atomic E-state index is 15.2. The molecule has 11 nitrogen and oxygen atoms in total. The van der Waals surface area contributed by atoms with Crippen LogP contribution in [0.2, 0.25) is 0 Å². The molecule has 6 N–H and O–H groups in total. The molecule has 0 saturated heterocycles. The van der Waals surface area contributed by atoms with Crippen LogP contribution in [0.1, 0.15) is 45.6 Å². The van der Waals surface area contributed by atoms with Crippen molar-refractivity contribution in [3.05, 3.63) is 48.2 Å². The number of nitrogens with zero attached hydrogens (tertiary/aromatic N) is 2. The van der Waals surface area contributed by atoms with Gasteiger partial charge in [-0.3, -0.25) is 24.0 Å². The monoisotopic (exact) mass is 544 g/mol. The van der Waals surface area contributed by atoms with E-state index in [9.17, 15) is 24.0 Å². The molecule has 1 heterocycles. The molecule has 0 aliphatic heterocycles. The number of aromatic nitrogens is 1. The van der Waals surface area contributed by atoms with Crippen LogP contribution in [-0.4, -0.2) is 57.4 Å². The van der Waals surface area contributed by atoms with E-state index in [2.05, 4.69) is 17.2 Å². The number of nitrogens with one attached hydrogen (secondary N) is 2. The number of para-hydroxylation sites is 1. The molecule has 1 aromatic heterocycles. The summed E-state index contributed by atoms with van der Waals surface area (Å²) in [6.07, 6.45) is 1.06. The first-order valence-electron chi connectivity index (χ1n) is 12.5. The molecule has 0 saturated carbocycles. The predicted octanol–water partition coefficient (Wildman–Crippen LogP) is 1.15. The second kappa shape index (κ2) is 13.5. The number of primary amides is 2. The topological polar surface area (TPSA) is 170 Å². The van der Waals surface area contributed by atoms with Gasteiger partial charge in [-0.25, -0.2) is 0 Å². The summed E-state index contributed by atoms with van der Waals surface area (Å²) in [5.41, 5.74) is 12.7. The molecule has 2 rings (SSSR count). The van der Waals surface area contributed by atoms with Crippen molar-refractivity contribution in [1.82, 2.24) is 20.3 Å². The molecule has 0 radical (unpaired) electrons. The highest BCUT2D eigenvalue weighted by molar-refractivity contribution is 5.96. The van der Waals surface area contributed by atoms with E-state index < -0.39 is 60.0 Å². The summed E-state index contributed by atoms with van der Waals surface area (Å²) in [6, 6.07) is 3.72. The van der Waals surface area contributed by atoms with Crippen molar-refractivity contribution in [2.45, 2.75) is 64.6 Å². The van der Waals surface area contributed by atoms with Crippen LogP contribution in [0.3, 0.4) is 0 Å². The van der Waals surface area contributed by atoms with E-state index in [4.69, 9.17) is 11.5 Å². The zero-order valence-electron chi connectivity index (χ0n) is 22.7. The van der Waals surface area contributed by atoms with Gasteiger partial charge in [0, 0.05) is 42.9 Å². The Hall–Kier alpha value is -4.22. The van der Waals surface area contributed by atoms with Gasteiger partial charge in [-0.15, -0.1) is 6.58 Å². The van der Waals surface area contributed by atoms with Gasteiger partial charge in [-0.2, -0.15) is 5.12 Å². The third-order valence-corrected chi connectivity index (χ3v) is 6.25. The Morgan fingerprint density at radius 2 is 1.56 bits per heavy atom. The van der Waals surface area contributed by atoms with Gasteiger partial charge in [0.1, 0.15) is 12.1 Å². The van der Waals surface area contributed by atoms with Gasteiger partial charge in [0.2, 0.25) is 23.6 Å². The lowest BCUT2D eigenvalue weighted by Gasteiger charge is -2.27. The lowest BCUT2D eigenvalue weighted by atomic mass is 10.0. The lowest BCUT2D eigenvalue weighted by Crippen LogP contribution is -2.56. The van der Waals surface area contributed by atoms with Crippen molar-refractivity contribution in [2.75, 3.05) is 0 Å². The number of halogens is 1. The molecule has 1 aromatic carbocycles. The Morgan fingerprint density at radius 3 is 2.15 bits per heavy atom. The van der Waals surface area contributed by atoms with Crippen molar-refractivity contribution < 1.29 is 28.5 Å². The third-order valence-electron chi connectivity index (χ3n) is 6.25. The minimum absolute atomic E-state index is 0.0569. The number of carbonyl (C=O) groups is 5. The second-order valence-electron chi connectivity index (χ2n) is 10.0. The van der Waals surface area contributed by atoms with Gasteiger partial charge in [0.05, 0.1) is 12.5 Å². The Morgan fingerprint density at radius 1 is 0.974 bits per heavy atom. The molecule has 4 atom stereocenters. The van der Waals surface area contributed by atoms with Crippen molar-refractivity contribution in [1.29, 1.82) is 0 Å². The standard InChI is InChI=1S/C27H37FN6O5/c1-15(2)10-17(4)34(28)27(39)21(12-18-14-33(5)22-9-7-6-8-19(18)22)32-26(38)20(13-24(30)36)31-25(37)16(3)11-23(29)35/h6-9,14,16-17,20-21H,1,10-13H2,2-5H3,(H2,29,35)(H2,30,36)(H,31,37)(H,32,38). The molecule has 2 aromatic rings. The van der Waals surface area contributed by atoms with Gasteiger partial charge in [-0.05, 0) is 31.9 Å². The SMILES string of the molecule is C=C(C)CC(C)N(F)C(=O)C(Cc1cn(C)c2ccccc12)NC(=O)C(CC(N)=O)NC(=O)C(C)CC(N)=O. The van der Waals surface area contributed by atoms with Gasteiger partial charge in [0.15, 0.2) is 0 Å². The molecule has 0 bridgehead atoms. The van der Waals surface area contributed by atoms with E-state index >= 15 is 4.48 Å². The summed E-state index contributed by atoms with van der Waals surface area (Å²) >= 11 is 0. The average molecular weight is 545 g/mol.